The summed E-state index contributed by atoms with van der Waals surface area (Å²) in [4.78, 5) is 22.8. The van der Waals surface area contributed by atoms with Crippen LogP contribution >= 0.6 is 0 Å². The SMILES string of the molecule is CC(=O)Cc1ccc2c(c1)OCO2.CC(C)C(=O)c1cn(C)c2ccccc12.CCC. The van der Waals surface area contributed by atoms with E-state index in [-0.39, 0.29) is 24.3 Å². The third-order valence-corrected chi connectivity index (χ3v) is 4.58. The van der Waals surface area contributed by atoms with Gasteiger partial charge in [0.15, 0.2) is 17.3 Å². The van der Waals surface area contributed by atoms with Crippen LogP contribution in [0.25, 0.3) is 10.9 Å². The fourth-order valence-corrected chi connectivity index (χ4v) is 3.19. The quantitative estimate of drug-likeness (QED) is 0.484. The number of carbonyl (C=O) groups excluding carboxylic acids is 2. The summed E-state index contributed by atoms with van der Waals surface area (Å²) < 4.78 is 12.3. The van der Waals surface area contributed by atoms with Gasteiger partial charge in [-0.05, 0) is 30.7 Å². The first-order valence-corrected chi connectivity index (χ1v) is 10.7. The standard InChI is InChI=1S/C13H15NO.C10H10O3.C3H8/c1-9(2)13(15)11-8-14(3)12-7-5-4-6-10(11)12;1-7(11)4-8-2-3-9-10(5-8)13-6-12-9;1-3-2/h4-9H,1-3H3;2-3,5H,4,6H2,1H3;3H2,1-2H3. The van der Waals surface area contributed by atoms with Crippen molar-refractivity contribution in [2.24, 2.45) is 13.0 Å². The number of hydrogen-bond donors (Lipinski definition) is 0. The van der Waals surface area contributed by atoms with Crippen molar-refractivity contribution < 1.29 is 19.1 Å². The van der Waals surface area contributed by atoms with Crippen LogP contribution in [-0.2, 0) is 18.3 Å². The molecule has 31 heavy (non-hydrogen) atoms. The number of rotatable bonds is 4. The topological polar surface area (TPSA) is 57.5 Å². The van der Waals surface area contributed by atoms with E-state index in [1.165, 1.54) is 6.42 Å². The molecular formula is C26H33NO4. The minimum Gasteiger partial charge on any atom is -0.454 e. The van der Waals surface area contributed by atoms with Gasteiger partial charge in [0.25, 0.3) is 0 Å². The van der Waals surface area contributed by atoms with Gasteiger partial charge in [-0.15, -0.1) is 0 Å². The van der Waals surface area contributed by atoms with Crippen LogP contribution < -0.4 is 9.47 Å². The summed E-state index contributed by atoms with van der Waals surface area (Å²) in [5, 5.41) is 1.05. The van der Waals surface area contributed by atoms with Gasteiger partial charge in [0.2, 0.25) is 6.79 Å². The average Bonchev–Trinajstić information content (AvgIpc) is 3.32. The number of hydrogen-bond acceptors (Lipinski definition) is 4. The molecule has 2 aromatic carbocycles. The van der Waals surface area contributed by atoms with Crippen molar-refractivity contribution >= 4 is 22.5 Å². The van der Waals surface area contributed by atoms with Crippen LogP contribution in [0.2, 0.25) is 0 Å². The van der Waals surface area contributed by atoms with Gasteiger partial charge in [-0.3, -0.25) is 9.59 Å². The van der Waals surface area contributed by atoms with Crippen LogP contribution in [0.1, 0.15) is 57.0 Å². The van der Waals surface area contributed by atoms with Gasteiger partial charge in [-0.2, -0.15) is 0 Å². The molecule has 2 heterocycles. The molecule has 0 bridgehead atoms. The summed E-state index contributed by atoms with van der Waals surface area (Å²) in [7, 11) is 1.97. The van der Waals surface area contributed by atoms with Gasteiger partial charge >= 0.3 is 0 Å². The Bertz CT molecular complexity index is 1030. The number of para-hydroxylation sites is 1. The zero-order valence-corrected chi connectivity index (χ0v) is 19.4. The number of aryl methyl sites for hydroxylation is 1. The maximum absolute atomic E-state index is 12.0. The second kappa shape index (κ2) is 11.3. The maximum atomic E-state index is 12.0. The highest BCUT2D eigenvalue weighted by molar-refractivity contribution is 6.08. The Hall–Kier alpha value is -3.08. The molecule has 3 aromatic rings. The fraction of sp³-hybridized carbons (Fsp3) is 0.385. The van der Waals surface area contributed by atoms with E-state index in [9.17, 15) is 9.59 Å². The van der Waals surface area contributed by atoms with Crippen molar-refractivity contribution in [3.63, 3.8) is 0 Å². The van der Waals surface area contributed by atoms with Gasteiger partial charge in [0, 0.05) is 42.0 Å². The van der Waals surface area contributed by atoms with E-state index in [0.29, 0.717) is 6.42 Å². The van der Waals surface area contributed by atoms with Gasteiger partial charge < -0.3 is 14.0 Å². The number of ketones is 2. The first-order valence-electron chi connectivity index (χ1n) is 10.7. The largest absolute Gasteiger partial charge is 0.454 e. The lowest BCUT2D eigenvalue weighted by molar-refractivity contribution is -0.116. The Morgan fingerprint density at radius 3 is 2.32 bits per heavy atom. The summed E-state index contributed by atoms with van der Waals surface area (Å²) in [6.07, 6.45) is 3.63. The second-order valence-electron chi connectivity index (χ2n) is 7.96. The van der Waals surface area contributed by atoms with Crippen LogP contribution in [-0.4, -0.2) is 22.9 Å². The first-order chi connectivity index (χ1) is 14.8. The van der Waals surface area contributed by atoms with Crippen LogP contribution in [0.3, 0.4) is 0 Å². The van der Waals surface area contributed by atoms with Crippen molar-refractivity contribution in [1.82, 2.24) is 4.57 Å². The predicted molar refractivity (Wildman–Crippen MR) is 125 cm³/mol. The molecule has 0 N–H and O–H groups in total. The highest BCUT2D eigenvalue weighted by Gasteiger charge is 2.16. The Labute approximate surface area is 185 Å². The van der Waals surface area contributed by atoms with Gasteiger partial charge in [-0.25, -0.2) is 0 Å². The maximum Gasteiger partial charge on any atom is 0.231 e. The number of benzene rings is 2. The highest BCUT2D eigenvalue weighted by atomic mass is 16.7. The molecule has 5 heteroatoms. The van der Waals surface area contributed by atoms with Crippen LogP contribution in [0, 0.1) is 5.92 Å². The molecule has 0 atom stereocenters. The monoisotopic (exact) mass is 423 g/mol. The van der Waals surface area contributed by atoms with Crippen LogP contribution in [0.4, 0.5) is 0 Å². The van der Waals surface area contributed by atoms with Crippen molar-refractivity contribution in [1.29, 1.82) is 0 Å². The van der Waals surface area contributed by atoms with E-state index in [4.69, 9.17) is 9.47 Å². The zero-order valence-electron chi connectivity index (χ0n) is 19.4. The molecule has 0 fully saturated rings. The molecule has 0 radical (unpaired) electrons. The summed E-state index contributed by atoms with van der Waals surface area (Å²) >= 11 is 0. The first kappa shape index (κ1) is 24.2. The molecule has 1 aliphatic rings. The third kappa shape index (κ3) is 6.45. The number of Topliss-reactive ketones (excluding diaryl/α,β-unsaturated/α-hetero) is 2. The number of nitrogens with zero attached hydrogens (tertiary/aromatic N) is 1. The van der Waals surface area contributed by atoms with Crippen LogP contribution in [0.15, 0.2) is 48.7 Å². The minimum absolute atomic E-state index is 0.0517. The summed E-state index contributed by atoms with van der Waals surface area (Å²) in [6.45, 7) is 9.97. The van der Waals surface area contributed by atoms with Crippen LogP contribution in [0.5, 0.6) is 11.5 Å². The average molecular weight is 424 g/mol. The Morgan fingerprint density at radius 2 is 1.68 bits per heavy atom. The molecule has 1 aromatic heterocycles. The summed E-state index contributed by atoms with van der Waals surface area (Å²) in [5.74, 6) is 1.91. The number of ether oxygens (including phenoxy) is 2. The normalized spacial score (nSPS) is 11.5. The van der Waals surface area contributed by atoms with E-state index >= 15 is 0 Å². The molecule has 0 amide bonds. The molecule has 4 rings (SSSR count). The lowest BCUT2D eigenvalue weighted by Gasteiger charge is -2.01. The highest BCUT2D eigenvalue weighted by Crippen LogP contribution is 2.32. The van der Waals surface area contributed by atoms with E-state index in [1.807, 2.05) is 74.1 Å². The number of aromatic nitrogens is 1. The molecule has 1 aliphatic heterocycles. The third-order valence-electron chi connectivity index (χ3n) is 4.58. The second-order valence-corrected chi connectivity index (χ2v) is 7.96. The van der Waals surface area contributed by atoms with E-state index in [0.717, 1.165) is 33.5 Å². The molecule has 166 valence electrons. The zero-order chi connectivity index (χ0) is 23.0. The van der Waals surface area contributed by atoms with Crippen molar-refractivity contribution in [3.8, 4) is 11.5 Å². The molecule has 0 spiro atoms. The smallest absolute Gasteiger partial charge is 0.231 e. The Morgan fingerprint density at radius 1 is 1.03 bits per heavy atom. The number of fused-ring (bicyclic) bond motifs is 2. The molecule has 0 saturated heterocycles. The molecule has 0 saturated carbocycles. The lowest BCUT2D eigenvalue weighted by atomic mass is 10.0. The molecule has 0 unspecified atom stereocenters. The predicted octanol–water partition coefficient (Wildman–Crippen LogP) is 5.98. The van der Waals surface area contributed by atoms with Gasteiger partial charge in [-0.1, -0.05) is 58.4 Å². The molecule has 5 nitrogen and oxygen atoms in total. The Kier molecular flexibility index (Phi) is 8.86. The van der Waals surface area contributed by atoms with Crippen molar-refractivity contribution in [2.75, 3.05) is 6.79 Å². The summed E-state index contributed by atoms with van der Waals surface area (Å²) in [6, 6.07) is 13.6. The lowest BCUT2D eigenvalue weighted by Crippen LogP contribution is -2.06. The fourth-order valence-electron chi connectivity index (χ4n) is 3.19. The molecular weight excluding hydrogens is 390 g/mol. The van der Waals surface area contributed by atoms with Crippen molar-refractivity contribution in [2.45, 2.75) is 47.5 Å². The van der Waals surface area contributed by atoms with E-state index < -0.39 is 0 Å². The molecule has 0 aliphatic carbocycles. The van der Waals surface area contributed by atoms with E-state index in [1.54, 1.807) is 6.92 Å². The minimum atomic E-state index is 0.0517. The number of carbonyl (C=O) groups is 2. The van der Waals surface area contributed by atoms with E-state index in [2.05, 4.69) is 13.8 Å². The van der Waals surface area contributed by atoms with Gasteiger partial charge in [0.05, 0.1) is 0 Å². The van der Waals surface area contributed by atoms with Crippen molar-refractivity contribution in [3.05, 3.63) is 59.8 Å². The Balaban J connectivity index is 0.000000197. The van der Waals surface area contributed by atoms with Gasteiger partial charge in [0.1, 0.15) is 5.78 Å². The summed E-state index contributed by atoms with van der Waals surface area (Å²) in [5.41, 5.74) is 2.92.